The van der Waals surface area contributed by atoms with Crippen molar-refractivity contribution >= 4 is 24.5 Å². The molecule has 278 valence electrons. The lowest BCUT2D eigenvalue weighted by Crippen LogP contribution is -2.67. The Morgan fingerprint density at radius 1 is 0.750 bits per heavy atom. The summed E-state index contributed by atoms with van der Waals surface area (Å²) >= 11 is 0. The molecule has 0 amide bonds. The Bertz CT molecular complexity index is 1610. The van der Waals surface area contributed by atoms with Crippen molar-refractivity contribution in [3.05, 3.63) is 138 Å². The van der Waals surface area contributed by atoms with Gasteiger partial charge < -0.3 is 23.7 Å². The van der Waals surface area contributed by atoms with Crippen molar-refractivity contribution in [2.45, 2.75) is 72.3 Å². The van der Waals surface area contributed by atoms with Gasteiger partial charge in [0, 0.05) is 12.5 Å². The third-order valence-corrected chi connectivity index (χ3v) is 14.9. The Kier molecular flexibility index (Phi) is 15.6. The number of methoxy groups -OCH3 is 1. The summed E-state index contributed by atoms with van der Waals surface area (Å²) in [4.78, 5) is 14.4. The number of benzene rings is 4. The molecule has 0 spiro atoms. The molecule has 0 radical (unpaired) electrons. The maximum Gasteiger partial charge on any atom is 0.261 e. The SMILES string of the molecule is COc1ccc(COC[C@@H](CO[Si](c2ccccc2)(c2ccccc2)C(C)(C)C)C(=O)[C@@H](C)[C@H](O)[C@@H](C)C/C(C)=C/COCc2ccccc2)cc1. The molecule has 0 heterocycles. The van der Waals surface area contributed by atoms with E-state index >= 15 is 0 Å². The maximum absolute atomic E-state index is 14.4. The van der Waals surface area contributed by atoms with Gasteiger partial charge in [0.05, 0.1) is 45.6 Å². The molecule has 0 saturated carbocycles. The van der Waals surface area contributed by atoms with Gasteiger partial charge in [-0.1, -0.05) is 149 Å². The van der Waals surface area contributed by atoms with E-state index in [4.69, 9.17) is 18.6 Å². The van der Waals surface area contributed by atoms with Gasteiger partial charge in [-0.25, -0.2) is 0 Å². The fourth-order valence-corrected chi connectivity index (χ4v) is 11.5. The molecule has 4 aromatic rings. The van der Waals surface area contributed by atoms with Crippen molar-refractivity contribution in [1.82, 2.24) is 0 Å². The third-order valence-electron chi connectivity index (χ3n) is 9.92. The first kappa shape index (κ1) is 40.9. The fraction of sp³-hybridized carbons (Fsp3) is 0.400. The van der Waals surface area contributed by atoms with E-state index in [1.165, 1.54) is 0 Å². The molecule has 0 saturated heterocycles. The molecule has 1 N–H and O–H groups in total. The molecule has 4 atom stereocenters. The van der Waals surface area contributed by atoms with E-state index in [0.29, 0.717) is 26.2 Å². The molecule has 0 unspecified atom stereocenters. The molecular formula is C45H58O6Si. The number of rotatable bonds is 20. The monoisotopic (exact) mass is 722 g/mol. The molecule has 0 bridgehead atoms. The van der Waals surface area contributed by atoms with Crippen molar-refractivity contribution < 1.29 is 28.5 Å². The van der Waals surface area contributed by atoms with E-state index in [-0.39, 0.29) is 30.0 Å². The number of hydrogen-bond donors (Lipinski definition) is 1. The second-order valence-corrected chi connectivity index (χ2v) is 19.3. The Balaban J connectivity index is 1.52. The highest BCUT2D eigenvalue weighted by atomic mass is 28.4. The van der Waals surface area contributed by atoms with Crippen LogP contribution in [0.4, 0.5) is 0 Å². The molecule has 52 heavy (non-hydrogen) atoms. The summed E-state index contributed by atoms with van der Waals surface area (Å²) in [6.45, 7) is 14.3. The van der Waals surface area contributed by atoms with Crippen LogP contribution in [0.5, 0.6) is 5.75 Å². The normalized spacial score (nSPS) is 14.7. The molecule has 0 aromatic heterocycles. The second kappa shape index (κ2) is 19.8. The zero-order valence-electron chi connectivity index (χ0n) is 32.1. The number of carbonyl (C=O) groups excluding carboxylic acids is 1. The van der Waals surface area contributed by atoms with E-state index in [9.17, 15) is 9.90 Å². The zero-order valence-corrected chi connectivity index (χ0v) is 33.1. The number of allylic oxidation sites excluding steroid dienone is 1. The molecular weight excluding hydrogens is 665 g/mol. The van der Waals surface area contributed by atoms with Crippen LogP contribution in [0.2, 0.25) is 5.04 Å². The third kappa shape index (κ3) is 11.1. The number of Topliss-reactive ketones (excluding diaryl/α,β-unsaturated/α-hetero) is 1. The van der Waals surface area contributed by atoms with Crippen LogP contribution >= 0.6 is 0 Å². The maximum atomic E-state index is 14.4. The van der Waals surface area contributed by atoms with Gasteiger partial charge in [0.1, 0.15) is 11.5 Å². The molecule has 4 aromatic carbocycles. The van der Waals surface area contributed by atoms with E-state index in [1.54, 1.807) is 7.11 Å². The van der Waals surface area contributed by atoms with Crippen LogP contribution in [0.25, 0.3) is 0 Å². The molecule has 7 heteroatoms. The van der Waals surface area contributed by atoms with E-state index < -0.39 is 26.3 Å². The Morgan fingerprint density at radius 3 is 1.81 bits per heavy atom. The minimum atomic E-state index is -2.92. The molecule has 0 aliphatic carbocycles. The first-order valence-electron chi connectivity index (χ1n) is 18.4. The van der Waals surface area contributed by atoms with Crippen LogP contribution in [0.3, 0.4) is 0 Å². The van der Waals surface area contributed by atoms with Gasteiger partial charge in [-0.15, -0.1) is 0 Å². The highest BCUT2D eigenvalue weighted by molar-refractivity contribution is 6.99. The summed E-state index contributed by atoms with van der Waals surface area (Å²) in [5.74, 6) is -0.617. The largest absolute Gasteiger partial charge is 0.497 e. The number of ether oxygens (including phenoxy) is 3. The number of aliphatic hydroxyl groups is 1. The number of hydrogen-bond acceptors (Lipinski definition) is 6. The Labute approximate surface area is 312 Å². The second-order valence-electron chi connectivity index (χ2n) is 14.9. The average Bonchev–Trinajstić information content (AvgIpc) is 3.16. The number of carbonyl (C=O) groups is 1. The minimum absolute atomic E-state index is 0.0557. The highest BCUT2D eigenvalue weighted by Crippen LogP contribution is 2.37. The van der Waals surface area contributed by atoms with E-state index in [2.05, 4.69) is 82.3 Å². The molecule has 0 aliphatic rings. The zero-order chi connectivity index (χ0) is 37.6. The predicted octanol–water partition coefficient (Wildman–Crippen LogP) is 8.16. The number of aliphatic hydroxyl groups excluding tert-OH is 1. The Hall–Kier alpha value is -3.85. The lowest BCUT2D eigenvalue weighted by molar-refractivity contribution is -0.134. The minimum Gasteiger partial charge on any atom is -0.497 e. The highest BCUT2D eigenvalue weighted by Gasteiger charge is 2.50. The summed E-state index contributed by atoms with van der Waals surface area (Å²) in [5, 5.41) is 13.6. The number of ketones is 1. The van der Waals surface area contributed by atoms with Gasteiger partial charge in [0.2, 0.25) is 0 Å². The van der Waals surface area contributed by atoms with Gasteiger partial charge in [0.25, 0.3) is 8.32 Å². The molecule has 0 aliphatic heterocycles. The van der Waals surface area contributed by atoms with Crippen LogP contribution < -0.4 is 15.1 Å². The average molecular weight is 723 g/mol. The standard InChI is InChI=1S/C45H58O6Si/c1-34(27-28-49-30-37-17-11-8-12-18-37)29-35(2)43(46)36(3)44(47)39(32-50-31-38-23-25-40(48-7)26-24-38)33-51-52(45(4,5)6,41-19-13-9-14-20-41)42-21-15-10-16-22-42/h8-27,35-36,39,43,46H,28-33H2,1-7H3/b34-27+/t35-,36-,39-,43+/m0/s1. The summed E-state index contributed by atoms with van der Waals surface area (Å²) in [7, 11) is -1.28. The van der Waals surface area contributed by atoms with Crippen molar-refractivity contribution in [2.24, 2.45) is 17.8 Å². The summed E-state index contributed by atoms with van der Waals surface area (Å²) in [6.07, 6.45) is 1.88. The lowest BCUT2D eigenvalue weighted by atomic mass is 9.83. The first-order chi connectivity index (χ1) is 25.0. The van der Waals surface area contributed by atoms with E-state index in [0.717, 1.165) is 32.8 Å². The van der Waals surface area contributed by atoms with Crippen molar-refractivity contribution in [3.63, 3.8) is 0 Å². The Morgan fingerprint density at radius 2 is 1.27 bits per heavy atom. The van der Waals surface area contributed by atoms with Gasteiger partial charge in [-0.2, -0.15) is 0 Å². The molecule has 4 rings (SSSR count). The summed E-state index contributed by atoms with van der Waals surface area (Å²) in [5.41, 5.74) is 3.23. The van der Waals surface area contributed by atoms with Crippen molar-refractivity contribution in [2.75, 3.05) is 26.9 Å². The first-order valence-corrected chi connectivity index (χ1v) is 20.3. The lowest BCUT2D eigenvalue weighted by Gasteiger charge is -2.43. The van der Waals surface area contributed by atoms with Gasteiger partial charge in [-0.05, 0) is 57.9 Å². The van der Waals surface area contributed by atoms with Gasteiger partial charge >= 0.3 is 0 Å². The van der Waals surface area contributed by atoms with Gasteiger partial charge in [0.15, 0.2) is 0 Å². The summed E-state index contributed by atoms with van der Waals surface area (Å²) < 4.78 is 24.6. The van der Waals surface area contributed by atoms with Crippen LogP contribution in [0, 0.1) is 17.8 Å². The predicted molar refractivity (Wildman–Crippen MR) is 214 cm³/mol. The smallest absolute Gasteiger partial charge is 0.261 e. The van der Waals surface area contributed by atoms with Crippen LogP contribution in [0.15, 0.2) is 127 Å². The summed E-state index contributed by atoms with van der Waals surface area (Å²) in [6, 6.07) is 38.7. The van der Waals surface area contributed by atoms with Gasteiger partial charge in [-0.3, -0.25) is 4.79 Å². The van der Waals surface area contributed by atoms with E-state index in [1.807, 2.05) is 80.6 Å². The quantitative estimate of drug-likeness (QED) is 0.0564. The topological polar surface area (TPSA) is 74.2 Å². The van der Waals surface area contributed by atoms with Crippen LogP contribution in [0.1, 0.15) is 59.1 Å². The fourth-order valence-electron chi connectivity index (χ4n) is 6.94. The van der Waals surface area contributed by atoms with Crippen molar-refractivity contribution in [3.8, 4) is 5.75 Å². The van der Waals surface area contributed by atoms with Crippen LogP contribution in [-0.2, 0) is 31.9 Å². The van der Waals surface area contributed by atoms with Crippen LogP contribution in [-0.4, -0.2) is 52.2 Å². The van der Waals surface area contributed by atoms with Crippen molar-refractivity contribution in [1.29, 1.82) is 0 Å². The molecule has 0 fully saturated rings. The molecule has 6 nitrogen and oxygen atoms in total.